The molecule has 2 fully saturated rings. The number of hydrogen-bond donors (Lipinski definition) is 0. The molecule has 1 nitrogen and oxygen atoms in total. The third-order valence-electron chi connectivity index (χ3n) is 4.85. The first kappa shape index (κ1) is 9.89. The van der Waals surface area contributed by atoms with Crippen molar-refractivity contribution in [1.82, 2.24) is 4.90 Å². The Morgan fingerprint density at radius 2 is 1.87 bits per heavy atom. The Bertz CT molecular complexity index is 269. The second kappa shape index (κ2) is 3.93. The van der Waals surface area contributed by atoms with Gasteiger partial charge in [0.1, 0.15) is 0 Å². The van der Waals surface area contributed by atoms with Gasteiger partial charge in [0, 0.05) is 12.1 Å². The van der Waals surface area contributed by atoms with Gasteiger partial charge < -0.3 is 0 Å². The van der Waals surface area contributed by atoms with Gasteiger partial charge in [-0.05, 0) is 45.1 Å². The average molecular weight is 205 g/mol. The van der Waals surface area contributed by atoms with Gasteiger partial charge in [-0.2, -0.15) is 0 Å². The minimum atomic E-state index is 0.818. The molecule has 2 aliphatic carbocycles. The predicted octanol–water partition coefficient (Wildman–Crippen LogP) is 3.36. The van der Waals surface area contributed by atoms with Crippen LogP contribution in [0.25, 0.3) is 0 Å². The van der Waals surface area contributed by atoms with Crippen LogP contribution < -0.4 is 0 Å². The maximum Gasteiger partial charge on any atom is 0.0307 e. The smallest absolute Gasteiger partial charge is 0.0307 e. The van der Waals surface area contributed by atoms with E-state index in [2.05, 4.69) is 18.0 Å². The molecule has 0 N–H and O–H groups in total. The molecule has 3 unspecified atom stereocenters. The van der Waals surface area contributed by atoms with Gasteiger partial charge in [0.25, 0.3) is 0 Å². The molecule has 0 aromatic rings. The van der Waals surface area contributed by atoms with E-state index < -0.39 is 0 Å². The summed E-state index contributed by atoms with van der Waals surface area (Å²) in [5, 5.41) is 0. The molecule has 3 rings (SSSR count). The Morgan fingerprint density at radius 1 is 1.07 bits per heavy atom. The molecule has 0 aromatic carbocycles. The first-order valence-electron chi connectivity index (χ1n) is 6.79. The first-order chi connectivity index (χ1) is 7.36. The molecule has 0 aromatic heterocycles. The van der Waals surface area contributed by atoms with Gasteiger partial charge >= 0.3 is 0 Å². The second-order valence-electron chi connectivity index (χ2n) is 5.68. The van der Waals surface area contributed by atoms with Crippen molar-refractivity contribution in [3.05, 3.63) is 11.6 Å². The Morgan fingerprint density at radius 3 is 2.80 bits per heavy atom. The van der Waals surface area contributed by atoms with E-state index in [-0.39, 0.29) is 0 Å². The topological polar surface area (TPSA) is 3.24 Å². The second-order valence-corrected chi connectivity index (χ2v) is 5.68. The minimum Gasteiger partial charge on any atom is -0.296 e. The van der Waals surface area contributed by atoms with Crippen molar-refractivity contribution in [2.75, 3.05) is 7.05 Å². The highest BCUT2D eigenvalue weighted by Gasteiger charge is 2.37. The normalized spacial score (nSPS) is 41.7. The van der Waals surface area contributed by atoms with Crippen molar-refractivity contribution in [2.24, 2.45) is 5.92 Å². The molecular formula is C14H23N. The van der Waals surface area contributed by atoms with E-state index in [0.717, 1.165) is 18.0 Å². The molecule has 0 radical (unpaired) electrons. The highest BCUT2D eigenvalue weighted by Crippen LogP contribution is 2.40. The molecule has 1 aliphatic heterocycles. The number of fused-ring (bicyclic) bond motifs is 2. The maximum absolute atomic E-state index is 2.72. The zero-order chi connectivity index (χ0) is 10.3. The summed E-state index contributed by atoms with van der Waals surface area (Å²) in [6.45, 7) is 0. The lowest BCUT2D eigenvalue weighted by Gasteiger charge is -2.47. The van der Waals surface area contributed by atoms with Gasteiger partial charge in [-0.15, -0.1) is 0 Å². The summed E-state index contributed by atoms with van der Waals surface area (Å²) in [7, 11) is 2.38. The van der Waals surface area contributed by atoms with Crippen LogP contribution in [0, 0.1) is 5.92 Å². The van der Waals surface area contributed by atoms with Crippen molar-refractivity contribution in [2.45, 2.75) is 63.5 Å². The standard InChI is InChI=1S/C14H23N/c1-15-13-8-4-2-6-11(13)10-12-7-3-5-9-14(12)15/h10-11,13-14H,2-9H2,1H3. The Balaban J connectivity index is 1.87. The average Bonchev–Trinajstić information content (AvgIpc) is 2.30. The molecule has 0 bridgehead atoms. The maximum atomic E-state index is 2.72. The fourth-order valence-corrected chi connectivity index (χ4v) is 4.02. The van der Waals surface area contributed by atoms with Crippen LogP contribution in [0.2, 0.25) is 0 Å². The van der Waals surface area contributed by atoms with Crippen LogP contribution in [0.1, 0.15) is 51.4 Å². The van der Waals surface area contributed by atoms with Gasteiger partial charge in [0.2, 0.25) is 0 Å². The van der Waals surface area contributed by atoms with E-state index in [9.17, 15) is 0 Å². The Kier molecular flexibility index (Phi) is 2.59. The fourth-order valence-electron chi connectivity index (χ4n) is 4.02. The van der Waals surface area contributed by atoms with E-state index in [4.69, 9.17) is 0 Å². The molecule has 3 aliphatic rings. The molecule has 1 heteroatoms. The SMILES string of the molecule is CN1C2CCCCC2=CC2CCCCC21. The van der Waals surface area contributed by atoms with Crippen LogP contribution in [-0.4, -0.2) is 24.0 Å². The third-order valence-corrected chi connectivity index (χ3v) is 4.85. The number of likely N-dealkylation sites (N-methyl/N-ethyl adjacent to an activating group) is 1. The van der Waals surface area contributed by atoms with Gasteiger partial charge in [0.05, 0.1) is 0 Å². The van der Waals surface area contributed by atoms with Gasteiger partial charge in [-0.3, -0.25) is 4.90 Å². The van der Waals surface area contributed by atoms with E-state index >= 15 is 0 Å². The fraction of sp³-hybridized carbons (Fsp3) is 0.857. The number of nitrogens with zero attached hydrogens (tertiary/aromatic N) is 1. The molecule has 0 spiro atoms. The molecule has 0 saturated heterocycles. The highest BCUT2D eigenvalue weighted by atomic mass is 15.2. The van der Waals surface area contributed by atoms with Gasteiger partial charge in [-0.1, -0.05) is 30.9 Å². The number of rotatable bonds is 0. The van der Waals surface area contributed by atoms with E-state index in [1.807, 2.05) is 0 Å². The molecule has 3 atom stereocenters. The summed E-state index contributed by atoms with van der Waals surface area (Å²) >= 11 is 0. The molecule has 2 saturated carbocycles. The lowest BCUT2D eigenvalue weighted by atomic mass is 9.74. The van der Waals surface area contributed by atoms with Crippen LogP contribution in [0.5, 0.6) is 0 Å². The van der Waals surface area contributed by atoms with Crippen LogP contribution in [0.4, 0.5) is 0 Å². The summed E-state index contributed by atoms with van der Waals surface area (Å²) in [4.78, 5) is 2.72. The van der Waals surface area contributed by atoms with Crippen LogP contribution >= 0.6 is 0 Å². The minimum absolute atomic E-state index is 0.818. The van der Waals surface area contributed by atoms with Crippen molar-refractivity contribution >= 4 is 0 Å². The monoisotopic (exact) mass is 205 g/mol. The van der Waals surface area contributed by atoms with Gasteiger partial charge in [0.15, 0.2) is 0 Å². The van der Waals surface area contributed by atoms with E-state index in [1.165, 1.54) is 51.4 Å². The Hall–Kier alpha value is -0.300. The van der Waals surface area contributed by atoms with Crippen LogP contribution in [0.15, 0.2) is 11.6 Å². The first-order valence-corrected chi connectivity index (χ1v) is 6.79. The van der Waals surface area contributed by atoms with Crippen molar-refractivity contribution in [3.8, 4) is 0 Å². The summed E-state index contributed by atoms with van der Waals surface area (Å²) in [6, 6.07) is 1.70. The lowest BCUT2D eigenvalue weighted by molar-refractivity contribution is 0.0931. The molecular weight excluding hydrogens is 182 g/mol. The summed E-state index contributed by atoms with van der Waals surface area (Å²) in [5.74, 6) is 0.896. The summed E-state index contributed by atoms with van der Waals surface area (Å²) in [6.07, 6.45) is 14.2. The third kappa shape index (κ3) is 1.65. The zero-order valence-electron chi connectivity index (χ0n) is 9.91. The quantitative estimate of drug-likeness (QED) is 0.548. The zero-order valence-corrected chi connectivity index (χ0v) is 9.91. The van der Waals surface area contributed by atoms with Crippen molar-refractivity contribution in [3.63, 3.8) is 0 Å². The summed E-state index contributed by atoms with van der Waals surface area (Å²) in [5.41, 5.74) is 1.78. The molecule has 15 heavy (non-hydrogen) atoms. The number of hydrogen-bond acceptors (Lipinski definition) is 1. The van der Waals surface area contributed by atoms with Crippen molar-refractivity contribution < 1.29 is 0 Å². The molecule has 0 amide bonds. The van der Waals surface area contributed by atoms with E-state index in [0.29, 0.717) is 0 Å². The van der Waals surface area contributed by atoms with Crippen molar-refractivity contribution in [1.29, 1.82) is 0 Å². The molecule has 1 heterocycles. The summed E-state index contributed by atoms with van der Waals surface area (Å²) < 4.78 is 0. The van der Waals surface area contributed by atoms with E-state index in [1.54, 1.807) is 5.57 Å². The highest BCUT2D eigenvalue weighted by molar-refractivity contribution is 5.21. The molecule has 84 valence electrons. The van der Waals surface area contributed by atoms with Crippen LogP contribution in [0.3, 0.4) is 0 Å². The lowest BCUT2D eigenvalue weighted by Crippen LogP contribution is -2.50. The van der Waals surface area contributed by atoms with Crippen LogP contribution in [-0.2, 0) is 0 Å². The predicted molar refractivity (Wildman–Crippen MR) is 63.8 cm³/mol. The Labute approximate surface area is 93.5 Å². The largest absolute Gasteiger partial charge is 0.296 e. The van der Waals surface area contributed by atoms with Gasteiger partial charge in [-0.25, -0.2) is 0 Å².